The summed E-state index contributed by atoms with van der Waals surface area (Å²) in [5.74, 6) is 1.57. The molecule has 0 aliphatic carbocycles. The van der Waals surface area contributed by atoms with Gasteiger partial charge in [0, 0.05) is 19.2 Å². The van der Waals surface area contributed by atoms with E-state index in [9.17, 15) is 4.79 Å². The molecule has 0 spiro atoms. The quantitative estimate of drug-likeness (QED) is 0.735. The molecule has 1 aliphatic heterocycles. The predicted octanol–water partition coefficient (Wildman–Crippen LogP) is 2.56. The van der Waals surface area contributed by atoms with Crippen LogP contribution in [-0.2, 0) is 0 Å². The van der Waals surface area contributed by atoms with E-state index in [0.29, 0.717) is 28.5 Å². The first kappa shape index (κ1) is 13.3. The van der Waals surface area contributed by atoms with Gasteiger partial charge in [0.05, 0.1) is 0 Å². The fourth-order valence-electron chi connectivity index (χ4n) is 2.63. The highest BCUT2D eigenvalue weighted by atomic mass is 35.5. The maximum Gasteiger partial charge on any atom is 0.272 e. The van der Waals surface area contributed by atoms with E-state index in [1.807, 2.05) is 4.90 Å². The molecule has 18 heavy (non-hydrogen) atoms. The number of hydrogen-bond acceptors (Lipinski definition) is 3. The molecule has 0 unspecified atom stereocenters. The number of rotatable bonds is 1. The largest absolute Gasteiger partial charge is 0.337 e. The number of likely N-dealkylation sites (tertiary alicyclic amines) is 1. The standard InChI is InChI=1S/C13H18ClN3O/c1-8-4-9(2)7-17(6-8)13(18)11-5-12(14)16-10(3)15-11/h5,8-9H,4,6-7H2,1-3H3/t8-,9+. The molecule has 0 aromatic carbocycles. The van der Waals surface area contributed by atoms with Crippen molar-refractivity contribution in [3.8, 4) is 0 Å². The summed E-state index contributed by atoms with van der Waals surface area (Å²) in [5.41, 5.74) is 0.397. The van der Waals surface area contributed by atoms with Crippen molar-refractivity contribution in [1.29, 1.82) is 0 Å². The number of aryl methyl sites for hydroxylation is 1. The summed E-state index contributed by atoms with van der Waals surface area (Å²) in [5, 5.41) is 0.323. The Morgan fingerprint density at radius 3 is 2.50 bits per heavy atom. The Bertz CT molecular complexity index is 433. The lowest BCUT2D eigenvalue weighted by Crippen LogP contribution is -2.42. The lowest BCUT2D eigenvalue weighted by atomic mass is 9.92. The van der Waals surface area contributed by atoms with E-state index in [1.54, 1.807) is 13.0 Å². The number of aromatic nitrogens is 2. The molecule has 98 valence electrons. The van der Waals surface area contributed by atoms with Gasteiger partial charge >= 0.3 is 0 Å². The lowest BCUT2D eigenvalue weighted by molar-refractivity contribution is 0.0616. The van der Waals surface area contributed by atoms with Gasteiger partial charge in [-0.15, -0.1) is 0 Å². The van der Waals surface area contributed by atoms with Gasteiger partial charge in [-0.1, -0.05) is 25.4 Å². The first-order valence-electron chi connectivity index (χ1n) is 6.26. The highest BCUT2D eigenvalue weighted by molar-refractivity contribution is 6.29. The summed E-state index contributed by atoms with van der Waals surface area (Å²) in [6.07, 6.45) is 1.17. The molecule has 1 saturated heterocycles. The van der Waals surface area contributed by atoms with Gasteiger partial charge in [-0.25, -0.2) is 9.97 Å². The number of piperidine rings is 1. The molecule has 1 aliphatic rings. The van der Waals surface area contributed by atoms with Crippen molar-refractivity contribution >= 4 is 17.5 Å². The van der Waals surface area contributed by atoms with Crippen molar-refractivity contribution in [3.05, 3.63) is 22.7 Å². The maximum atomic E-state index is 12.4. The Balaban J connectivity index is 2.20. The number of halogens is 1. The van der Waals surface area contributed by atoms with Crippen molar-refractivity contribution in [2.24, 2.45) is 11.8 Å². The second-order valence-electron chi connectivity index (χ2n) is 5.28. The minimum absolute atomic E-state index is 0.0409. The maximum absolute atomic E-state index is 12.4. The van der Waals surface area contributed by atoms with Gasteiger partial charge in [-0.3, -0.25) is 4.79 Å². The molecule has 2 rings (SSSR count). The third-order valence-corrected chi connectivity index (χ3v) is 3.38. The van der Waals surface area contributed by atoms with E-state index < -0.39 is 0 Å². The van der Waals surface area contributed by atoms with E-state index in [1.165, 1.54) is 6.42 Å². The van der Waals surface area contributed by atoms with Crippen LogP contribution in [-0.4, -0.2) is 33.9 Å². The van der Waals surface area contributed by atoms with E-state index in [-0.39, 0.29) is 5.91 Å². The molecule has 0 saturated carbocycles. The van der Waals surface area contributed by atoms with E-state index in [4.69, 9.17) is 11.6 Å². The second kappa shape index (κ2) is 5.22. The average molecular weight is 268 g/mol. The van der Waals surface area contributed by atoms with Crippen LogP contribution in [0, 0.1) is 18.8 Å². The summed E-state index contributed by atoms with van der Waals surface area (Å²) >= 11 is 5.87. The van der Waals surface area contributed by atoms with Gasteiger partial charge in [0.1, 0.15) is 16.7 Å². The molecule has 2 heterocycles. The molecule has 1 aromatic heterocycles. The minimum atomic E-state index is -0.0409. The third-order valence-electron chi connectivity index (χ3n) is 3.18. The van der Waals surface area contributed by atoms with Gasteiger partial charge in [0.25, 0.3) is 5.91 Å². The molecule has 1 fully saturated rings. The predicted molar refractivity (Wildman–Crippen MR) is 70.6 cm³/mol. The number of carbonyl (C=O) groups excluding carboxylic acids is 1. The van der Waals surface area contributed by atoms with Crippen LogP contribution in [0.15, 0.2) is 6.07 Å². The van der Waals surface area contributed by atoms with Crippen LogP contribution < -0.4 is 0 Å². The Hall–Kier alpha value is -1.16. The lowest BCUT2D eigenvalue weighted by Gasteiger charge is -2.34. The van der Waals surface area contributed by atoms with Crippen LogP contribution >= 0.6 is 11.6 Å². The van der Waals surface area contributed by atoms with Gasteiger partial charge < -0.3 is 4.90 Å². The van der Waals surface area contributed by atoms with Crippen LogP contribution in [0.3, 0.4) is 0 Å². The number of carbonyl (C=O) groups is 1. The molecular weight excluding hydrogens is 250 g/mol. The highest BCUT2D eigenvalue weighted by Gasteiger charge is 2.27. The third kappa shape index (κ3) is 2.99. The van der Waals surface area contributed by atoms with Crippen LogP contribution in [0.5, 0.6) is 0 Å². The van der Waals surface area contributed by atoms with Gasteiger partial charge in [-0.05, 0) is 25.2 Å². The first-order chi connectivity index (χ1) is 8.45. The molecule has 1 aromatic rings. The molecule has 0 N–H and O–H groups in total. The fraction of sp³-hybridized carbons (Fsp3) is 0.615. The van der Waals surface area contributed by atoms with Crippen LogP contribution in [0.4, 0.5) is 0 Å². The van der Waals surface area contributed by atoms with Crippen molar-refractivity contribution in [2.45, 2.75) is 27.2 Å². The monoisotopic (exact) mass is 267 g/mol. The summed E-state index contributed by atoms with van der Waals surface area (Å²) < 4.78 is 0. The minimum Gasteiger partial charge on any atom is -0.337 e. The topological polar surface area (TPSA) is 46.1 Å². The molecule has 0 radical (unpaired) electrons. The molecule has 5 heteroatoms. The Kier molecular flexibility index (Phi) is 3.85. The van der Waals surface area contributed by atoms with Crippen LogP contribution in [0.25, 0.3) is 0 Å². The van der Waals surface area contributed by atoms with Gasteiger partial charge in [0.15, 0.2) is 0 Å². The molecule has 1 amide bonds. The van der Waals surface area contributed by atoms with Gasteiger partial charge in [0.2, 0.25) is 0 Å². The number of amides is 1. The van der Waals surface area contributed by atoms with Crippen molar-refractivity contribution in [3.63, 3.8) is 0 Å². The van der Waals surface area contributed by atoms with Crippen molar-refractivity contribution in [1.82, 2.24) is 14.9 Å². The first-order valence-corrected chi connectivity index (χ1v) is 6.64. The van der Waals surface area contributed by atoms with Crippen molar-refractivity contribution < 1.29 is 4.79 Å². The van der Waals surface area contributed by atoms with Crippen LogP contribution in [0.1, 0.15) is 36.6 Å². The second-order valence-corrected chi connectivity index (χ2v) is 5.67. The molecule has 0 bridgehead atoms. The normalized spacial score (nSPS) is 24.1. The SMILES string of the molecule is Cc1nc(Cl)cc(C(=O)N2C[C@H](C)C[C@H](C)C2)n1. The molecule has 2 atom stereocenters. The summed E-state index contributed by atoms with van der Waals surface area (Å²) in [4.78, 5) is 22.4. The number of hydrogen-bond donors (Lipinski definition) is 0. The number of nitrogens with zero attached hydrogens (tertiary/aromatic N) is 3. The molecule has 4 nitrogen and oxygen atoms in total. The van der Waals surface area contributed by atoms with E-state index >= 15 is 0 Å². The van der Waals surface area contributed by atoms with E-state index in [0.717, 1.165) is 13.1 Å². The average Bonchev–Trinajstić information content (AvgIpc) is 2.25. The zero-order valence-electron chi connectivity index (χ0n) is 11.0. The zero-order valence-corrected chi connectivity index (χ0v) is 11.7. The van der Waals surface area contributed by atoms with Gasteiger partial charge in [-0.2, -0.15) is 0 Å². The van der Waals surface area contributed by atoms with E-state index in [2.05, 4.69) is 23.8 Å². The zero-order chi connectivity index (χ0) is 13.3. The Labute approximate surface area is 112 Å². The molecular formula is C13H18ClN3O. The van der Waals surface area contributed by atoms with Crippen LogP contribution in [0.2, 0.25) is 5.15 Å². The highest BCUT2D eigenvalue weighted by Crippen LogP contribution is 2.22. The summed E-state index contributed by atoms with van der Waals surface area (Å²) in [6, 6.07) is 1.54. The fourth-order valence-corrected chi connectivity index (χ4v) is 2.86. The summed E-state index contributed by atoms with van der Waals surface area (Å²) in [6.45, 7) is 7.68. The summed E-state index contributed by atoms with van der Waals surface area (Å²) in [7, 11) is 0. The van der Waals surface area contributed by atoms with Crippen molar-refractivity contribution in [2.75, 3.05) is 13.1 Å². The smallest absolute Gasteiger partial charge is 0.272 e. The Morgan fingerprint density at radius 1 is 1.33 bits per heavy atom. The Morgan fingerprint density at radius 2 is 1.94 bits per heavy atom.